The first-order chi connectivity index (χ1) is 15.4. The van der Waals surface area contributed by atoms with Crippen LogP contribution in [0.1, 0.15) is 28.2 Å². The molecule has 1 aromatic heterocycles. The summed E-state index contributed by atoms with van der Waals surface area (Å²) in [6.45, 7) is 0. The molecular weight excluding hydrogens is 415 g/mol. The van der Waals surface area contributed by atoms with Gasteiger partial charge in [0.15, 0.2) is 0 Å². The third-order valence-electron chi connectivity index (χ3n) is 4.89. The summed E-state index contributed by atoms with van der Waals surface area (Å²) in [6.07, 6.45) is -1.63. The van der Waals surface area contributed by atoms with Gasteiger partial charge in [-0.3, -0.25) is 0 Å². The predicted molar refractivity (Wildman–Crippen MR) is 114 cm³/mol. The van der Waals surface area contributed by atoms with E-state index in [9.17, 15) is 13.2 Å². The largest absolute Gasteiger partial charge is 0.573 e. The number of H-pyrrole nitrogens is 1. The van der Waals surface area contributed by atoms with Crippen molar-refractivity contribution in [3.8, 4) is 22.9 Å². The minimum Gasteiger partial charge on any atom is -0.406 e. The molecule has 0 saturated heterocycles. The van der Waals surface area contributed by atoms with Gasteiger partial charge in [-0.15, -0.1) is 13.2 Å². The Bertz CT molecular complexity index is 1240. The number of hydrogen-bond acceptors (Lipinski definition) is 3. The second kappa shape index (κ2) is 8.98. The first-order valence-electron chi connectivity index (χ1n) is 9.85. The fourth-order valence-electron chi connectivity index (χ4n) is 3.38. The van der Waals surface area contributed by atoms with E-state index in [4.69, 9.17) is 5.26 Å². The zero-order valence-corrected chi connectivity index (χ0v) is 16.9. The van der Waals surface area contributed by atoms with E-state index >= 15 is 0 Å². The Hall–Kier alpha value is -4.05. The van der Waals surface area contributed by atoms with Crippen LogP contribution in [0.5, 0.6) is 5.75 Å². The summed E-state index contributed by atoms with van der Waals surface area (Å²) >= 11 is 0. The molecule has 1 N–H and O–H groups in total. The monoisotopic (exact) mass is 433 g/mol. The van der Waals surface area contributed by atoms with Crippen LogP contribution < -0.4 is 4.74 Å². The van der Waals surface area contributed by atoms with Gasteiger partial charge in [0, 0.05) is 24.7 Å². The maximum Gasteiger partial charge on any atom is 0.573 e. The summed E-state index contributed by atoms with van der Waals surface area (Å²) in [6, 6.07) is 23.0. The highest BCUT2D eigenvalue weighted by Crippen LogP contribution is 2.28. The summed E-state index contributed by atoms with van der Waals surface area (Å²) in [4.78, 5) is 7.75. The van der Waals surface area contributed by atoms with Gasteiger partial charge < -0.3 is 9.72 Å². The highest BCUT2D eigenvalue weighted by Gasteiger charge is 2.31. The fraction of sp³-hybridized carbons (Fsp3) is 0.120. The number of halogens is 3. The van der Waals surface area contributed by atoms with Crippen LogP contribution in [0, 0.1) is 11.3 Å². The highest BCUT2D eigenvalue weighted by molar-refractivity contribution is 5.65. The molecule has 0 aliphatic carbocycles. The number of benzene rings is 3. The van der Waals surface area contributed by atoms with E-state index in [2.05, 4.69) is 20.8 Å². The molecular formula is C25H18F3N3O. The number of aromatic amines is 1. The zero-order valence-electron chi connectivity index (χ0n) is 16.9. The van der Waals surface area contributed by atoms with Gasteiger partial charge in [0.05, 0.1) is 11.6 Å². The third-order valence-corrected chi connectivity index (χ3v) is 4.89. The molecule has 0 atom stereocenters. The zero-order chi connectivity index (χ0) is 22.6. The smallest absolute Gasteiger partial charge is 0.406 e. The normalized spacial score (nSPS) is 11.2. The van der Waals surface area contributed by atoms with Gasteiger partial charge in [0.1, 0.15) is 11.6 Å². The van der Waals surface area contributed by atoms with Crippen LogP contribution in [0.15, 0.2) is 79.0 Å². The minimum atomic E-state index is -4.72. The molecule has 0 bridgehead atoms. The molecule has 0 aliphatic rings. The predicted octanol–water partition coefficient (Wildman–Crippen LogP) is 6.03. The number of imidazole rings is 1. The summed E-state index contributed by atoms with van der Waals surface area (Å²) in [7, 11) is 0. The van der Waals surface area contributed by atoms with Crippen molar-refractivity contribution in [2.24, 2.45) is 0 Å². The van der Waals surface area contributed by atoms with E-state index in [0.717, 1.165) is 28.2 Å². The summed E-state index contributed by atoms with van der Waals surface area (Å²) in [5.74, 6) is 0.575. The first-order valence-corrected chi connectivity index (χ1v) is 9.85. The van der Waals surface area contributed by atoms with E-state index in [0.29, 0.717) is 24.0 Å². The van der Waals surface area contributed by atoms with Gasteiger partial charge in [-0.2, -0.15) is 5.26 Å². The average molecular weight is 433 g/mol. The van der Waals surface area contributed by atoms with Gasteiger partial charge in [0.2, 0.25) is 0 Å². The van der Waals surface area contributed by atoms with Crippen molar-refractivity contribution in [1.29, 1.82) is 5.26 Å². The molecule has 0 fully saturated rings. The molecule has 0 spiro atoms. The first kappa shape index (κ1) is 21.2. The number of nitrogens with one attached hydrogen (secondary N) is 1. The Balaban J connectivity index is 1.41. The fourth-order valence-corrected chi connectivity index (χ4v) is 3.38. The molecule has 4 rings (SSSR count). The van der Waals surface area contributed by atoms with Gasteiger partial charge in [-0.05, 0) is 46.5 Å². The Morgan fingerprint density at radius 3 is 2.25 bits per heavy atom. The van der Waals surface area contributed by atoms with Crippen molar-refractivity contribution in [1.82, 2.24) is 9.97 Å². The van der Waals surface area contributed by atoms with E-state index in [1.54, 1.807) is 24.4 Å². The topological polar surface area (TPSA) is 61.7 Å². The lowest BCUT2D eigenvalue weighted by molar-refractivity contribution is -0.274. The maximum atomic E-state index is 12.4. The Labute approximate surface area is 182 Å². The van der Waals surface area contributed by atoms with E-state index in [-0.39, 0.29) is 5.75 Å². The van der Waals surface area contributed by atoms with Gasteiger partial charge >= 0.3 is 6.36 Å². The molecule has 4 nitrogen and oxygen atoms in total. The molecule has 0 aliphatic heterocycles. The van der Waals surface area contributed by atoms with Crippen LogP contribution in [0.25, 0.3) is 11.1 Å². The quantitative estimate of drug-likeness (QED) is 0.404. The van der Waals surface area contributed by atoms with E-state index in [1.165, 1.54) is 18.2 Å². The molecule has 7 heteroatoms. The van der Waals surface area contributed by atoms with Crippen molar-refractivity contribution in [3.63, 3.8) is 0 Å². The van der Waals surface area contributed by atoms with E-state index < -0.39 is 6.36 Å². The second-order valence-electron chi connectivity index (χ2n) is 7.29. The van der Waals surface area contributed by atoms with Crippen molar-refractivity contribution in [2.75, 3.05) is 0 Å². The summed E-state index contributed by atoms with van der Waals surface area (Å²) in [5.41, 5.74) is 5.14. The highest BCUT2D eigenvalue weighted by atomic mass is 19.4. The number of nitriles is 1. The number of ether oxygens (including phenoxy) is 1. The molecule has 0 amide bonds. The van der Waals surface area contributed by atoms with Gasteiger partial charge in [-0.1, -0.05) is 48.5 Å². The number of rotatable bonds is 6. The van der Waals surface area contributed by atoms with Crippen LogP contribution >= 0.6 is 0 Å². The Kier molecular flexibility index (Phi) is 5.95. The van der Waals surface area contributed by atoms with Crippen molar-refractivity contribution >= 4 is 0 Å². The molecule has 0 saturated carbocycles. The third kappa shape index (κ3) is 5.55. The molecule has 1 heterocycles. The van der Waals surface area contributed by atoms with Crippen molar-refractivity contribution in [2.45, 2.75) is 19.2 Å². The van der Waals surface area contributed by atoms with Crippen LogP contribution in [0.2, 0.25) is 0 Å². The van der Waals surface area contributed by atoms with E-state index in [1.807, 2.05) is 36.4 Å². The molecule has 160 valence electrons. The van der Waals surface area contributed by atoms with Gasteiger partial charge in [0.25, 0.3) is 0 Å². The van der Waals surface area contributed by atoms with Gasteiger partial charge in [-0.25, -0.2) is 4.98 Å². The lowest BCUT2D eigenvalue weighted by Crippen LogP contribution is -2.17. The Morgan fingerprint density at radius 1 is 0.875 bits per heavy atom. The molecule has 0 radical (unpaired) electrons. The number of aromatic nitrogens is 2. The minimum absolute atomic E-state index is 0.246. The average Bonchev–Trinajstić information content (AvgIpc) is 3.20. The molecule has 32 heavy (non-hydrogen) atoms. The lowest BCUT2D eigenvalue weighted by atomic mass is 10.0. The standard InChI is InChI=1S/C25H18F3N3O/c26-25(27,28)32-23-3-1-2-21(14-23)20-10-8-18(9-11-20)13-24-30-16-22(31-24)12-17-4-6-19(15-29)7-5-17/h1-11,14,16H,12-13H2,(H,30,31). The SMILES string of the molecule is N#Cc1ccc(Cc2cnc(Cc3ccc(-c4cccc(OC(F)(F)F)c4)cc3)[nH]2)cc1. The number of nitrogens with zero attached hydrogens (tertiary/aromatic N) is 2. The van der Waals surface area contributed by atoms with Crippen molar-refractivity contribution in [3.05, 3.63) is 107 Å². The second-order valence-corrected chi connectivity index (χ2v) is 7.29. The molecule has 4 aromatic rings. The number of alkyl halides is 3. The number of hydrogen-bond donors (Lipinski definition) is 1. The maximum absolute atomic E-state index is 12.4. The lowest BCUT2D eigenvalue weighted by Gasteiger charge is -2.10. The van der Waals surface area contributed by atoms with Crippen LogP contribution in [0.4, 0.5) is 13.2 Å². The van der Waals surface area contributed by atoms with Crippen molar-refractivity contribution < 1.29 is 17.9 Å². The Morgan fingerprint density at radius 2 is 1.56 bits per heavy atom. The van der Waals surface area contributed by atoms with Crippen LogP contribution in [0.3, 0.4) is 0 Å². The van der Waals surface area contributed by atoms with Crippen LogP contribution in [-0.4, -0.2) is 16.3 Å². The molecule has 0 unspecified atom stereocenters. The molecule has 3 aromatic carbocycles. The van der Waals surface area contributed by atoms with Crippen LogP contribution in [-0.2, 0) is 12.8 Å². The summed E-state index contributed by atoms with van der Waals surface area (Å²) in [5, 5.41) is 8.88. The summed E-state index contributed by atoms with van der Waals surface area (Å²) < 4.78 is 41.3.